The average molecular weight is 895 g/mol. The highest BCUT2D eigenvalue weighted by molar-refractivity contribution is 6.05. The van der Waals surface area contributed by atoms with Crippen LogP contribution in [0.25, 0.3) is 0 Å². The van der Waals surface area contributed by atoms with E-state index in [1.165, 1.54) is 33.5 Å². The van der Waals surface area contributed by atoms with Crippen LogP contribution < -0.4 is 23.7 Å². The van der Waals surface area contributed by atoms with Gasteiger partial charge in [-0.15, -0.1) is 0 Å². The number of ether oxygens (including phenoxy) is 5. The molecule has 3 fully saturated rings. The van der Waals surface area contributed by atoms with Crippen molar-refractivity contribution < 1.29 is 49.7 Å². The summed E-state index contributed by atoms with van der Waals surface area (Å²) in [5.74, 6) is 1.58. The third kappa shape index (κ3) is 8.32. The summed E-state index contributed by atoms with van der Waals surface area (Å²) < 4.78 is 28.5. The SMILES string of the molecule is C=C1C[C@H]2C=Nc3cc(O)c(OC)cc3C(=O)N2C1.C=C1C[C@H]2C=Nc3cc(OCc4cc(O)cc(COc5cc6c(cc5OC)C(=O)N5CC(=C)C[C@H]5C=N6)c4)c(OC)cc3C(=O)N2C1.[2H-]. The number of benzene rings is 4. The summed E-state index contributed by atoms with van der Waals surface area (Å²) >= 11 is 0. The van der Waals surface area contributed by atoms with Crippen molar-refractivity contribution in [2.45, 2.75) is 50.6 Å². The standard InChI is InChI=1S/C36H34N4O7.C14H14N2O3.H/c1-20-5-24-14-37-29-12-33(31(44-3)10-27(29)35(42)39(24)16-20)46-18-22-7-23(9-26(41)8-22)19-47-34-13-30-28(11-32(34)45-4)36(43)40-17-21(2)6-25(40)15-38-30;1-8-3-9-6-15-11-5-12(17)13(19-2)4-10(11)14(18)16(9)7-8;/h7-15,24-25,41H,1-2,5-6,16-19H2,3-4H3;4-6,9,17H,1,3,7H2,2H3;/q;;-1/t24-,25-;9-;/m00./s1/i;;1+1. The van der Waals surface area contributed by atoms with Gasteiger partial charge in [-0.1, -0.05) is 36.5 Å². The number of nitrogens with zero attached hydrogens (tertiary/aromatic N) is 6. The molecule has 66 heavy (non-hydrogen) atoms. The van der Waals surface area contributed by atoms with E-state index >= 15 is 0 Å². The number of aliphatic imine (C=N–C) groups is 3. The Hall–Kier alpha value is -7.88. The van der Waals surface area contributed by atoms with Gasteiger partial charge in [-0.25, -0.2) is 0 Å². The first kappa shape index (κ1) is 43.4. The van der Waals surface area contributed by atoms with Crippen LogP contribution in [-0.4, -0.2) is 120 Å². The minimum atomic E-state index is -0.125. The fraction of sp³-hybridized carbons (Fsp3) is 0.280. The Labute approximate surface area is 382 Å². The van der Waals surface area contributed by atoms with Gasteiger partial charge in [0.15, 0.2) is 34.5 Å². The number of methoxy groups -OCH3 is 3. The summed E-state index contributed by atoms with van der Waals surface area (Å²) in [6.07, 6.45) is 7.43. The minimum Gasteiger partial charge on any atom is -1.00 e. The third-order valence-corrected chi connectivity index (χ3v) is 12.2. The van der Waals surface area contributed by atoms with Crippen LogP contribution in [0.1, 0.15) is 62.9 Å². The maximum Gasteiger partial charge on any atom is 0.257 e. The van der Waals surface area contributed by atoms with Gasteiger partial charge in [-0.05, 0) is 66.8 Å². The summed E-state index contributed by atoms with van der Waals surface area (Å²) in [4.78, 5) is 57.9. The van der Waals surface area contributed by atoms with Crippen molar-refractivity contribution in [2.75, 3.05) is 41.0 Å². The van der Waals surface area contributed by atoms with E-state index < -0.39 is 0 Å². The number of aromatic hydroxyl groups is 2. The zero-order valence-corrected chi connectivity index (χ0v) is 36.8. The van der Waals surface area contributed by atoms with Gasteiger partial charge in [0.2, 0.25) is 0 Å². The molecule has 16 nitrogen and oxygen atoms in total. The van der Waals surface area contributed by atoms with Crippen LogP contribution in [0.15, 0.2) is 106 Å². The third-order valence-electron chi connectivity index (χ3n) is 12.2. The molecule has 0 aliphatic carbocycles. The van der Waals surface area contributed by atoms with Crippen LogP contribution in [0.3, 0.4) is 0 Å². The number of rotatable bonds is 9. The molecule has 0 aromatic heterocycles. The second-order valence-electron chi connectivity index (χ2n) is 16.9. The maximum absolute atomic E-state index is 13.3. The molecule has 3 atom stereocenters. The van der Waals surface area contributed by atoms with Crippen LogP contribution in [0, 0.1) is 0 Å². The van der Waals surface area contributed by atoms with Crippen molar-refractivity contribution in [2.24, 2.45) is 15.0 Å². The van der Waals surface area contributed by atoms with Gasteiger partial charge in [0.25, 0.3) is 17.7 Å². The lowest BCUT2D eigenvalue weighted by molar-refractivity contribution is 0.0769. The summed E-state index contributed by atoms with van der Waals surface area (Å²) in [6.45, 7) is 13.7. The molecular formula is C50H49N6O10-. The largest absolute Gasteiger partial charge is 1.00 e. The molecule has 16 heteroatoms. The second-order valence-corrected chi connectivity index (χ2v) is 16.9. The van der Waals surface area contributed by atoms with E-state index in [9.17, 15) is 24.6 Å². The summed E-state index contributed by atoms with van der Waals surface area (Å²) in [7, 11) is 4.48. The van der Waals surface area contributed by atoms with Crippen molar-refractivity contribution in [3.63, 3.8) is 0 Å². The van der Waals surface area contributed by atoms with Crippen molar-refractivity contribution in [1.82, 2.24) is 14.7 Å². The summed E-state index contributed by atoms with van der Waals surface area (Å²) in [5, 5.41) is 20.3. The Morgan fingerprint density at radius 2 is 0.894 bits per heavy atom. The minimum absolute atomic E-state index is 0. The molecule has 10 rings (SSSR count). The van der Waals surface area contributed by atoms with Gasteiger partial charge in [-0.3, -0.25) is 29.4 Å². The molecule has 340 valence electrons. The first-order valence-corrected chi connectivity index (χ1v) is 21.3. The van der Waals surface area contributed by atoms with E-state index in [1.807, 2.05) is 6.07 Å². The van der Waals surface area contributed by atoms with E-state index in [2.05, 4.69) is 34.7 Å². The zero-order valence-electron chi connectivity index (χ0n) is 37.8. The quantitative estimate of drug-likeness (QED) is 0.159. The van der Waals surface area contributed by atoms with Crippen LogP contribution in [-0.2, 0) is 13.2 Å². The normalized spacial score (nSPS) is 20.0. The van der Waals surface area contributed by atoms with Gasteiger partial charge in [-0.2, -0.15) is 0 Å². The average Bonchev–Trinajstić information content (AvgIpc) is 3.94. The number of carbonyl (C=O) groups excluding carboxylic acids is 3. The van der Waals surface area contributed by atoms with Crippen molar-refractivity contribution in [3.05, 3.63) is 119 Å². The highest BCUT2D eigenvalue weighted by Crippen LogP contribution is 2.42. The number of hydrogen-bond acceptors (Lipinski definition) is 13. The highest BCUT2D eigenvalue weighted by atomic mass is 16.5. The van der Waals surface area contributed by atoms with Gasteiger partial charge >= 0.3 is 0 Å². The molecule has 3 saturated heterocycles. The van der Waals surface area contributed by atoms with E-state index in [-0.39, 0.29) is 67.7 Å². The first-order valence-electron chi connectivity index (χ1n) is 21.3. The zero-order chi connectivity index (χ0) is 46.4. The molecule has 0 radical (unpaired) electrons. The number of phenolic OH excluding ortho intramolecular Hbond substituents is 2. The smallest absolute Gasteiger partial charge is 0.257 e. The number of carbonyl (C=O) groups is 3. The molecule has 2 N–H and O–H groups in total. The molecule has 6 heterocycles. The molecule has 0 unspecified atom stereocenters. The van der Waals surface area contributed by atoms with Crippen molar-refractivity contribution in [3.8, 4) is 40.2 Å². The van der Waals surface area contributed by atoms with Crippen LogP contribution in [0.2, 0.25) is 0 Å². The molecular weight excluding hydrogens is 845 g/mol. The van der Waals surface area contributed by atoms with E-state index in [0.717, 1.165) is 23.1 Å². The second kappa shape index (κ2) is 17.6. The molecule has 6 aliphatic rings. The number of hydrogen-bond donors (Lipinski definition) is 2. The molecule has 3 amide bonds. The van der Waals surface area contributed by atoms with E-state index in [4.69, 9.17) is 23.7 Å². The lowest BCUT2D eigenvalue weighted by Gasteiger charge is -2.20. The van der Waals surface area contributed by atoms with Crippen LogP contribution >= 0.6 is 0 Å². The number of phenols is 2. The molecule has 4 aromatic rings. The van der Waals surface area contributed by atoms with Crippen molar-refractivity contribution >= 4 is 53.4 Å². The van der Waals surface area contributed by atoms with Gasteiger partial charge in [0, 0.05) is 56.5 Å². The summed E-state index contributed by atoms with van der Waals surface area (Å²) in [5.41, 5.74) is 7.20. The Morgan fingerprint density at radius 1 is 0.530 bits per heavy atom. The number of fused-ring (bicyclic) bond motifs is 6. The molecule has 0 saturated carbocycles. The highest BCUT2D eigenvalue weighted by Gasteiger charge is 2.37. The Kier molecular flexibility index (Phi) is 11.6. The Morgan fingerprint density at radius 3 is 1.27 bits per heavy atom. The predicted octanol–water partition coefficient (Wildman–Crippen LogP) is 7.54. The maximum atomic E-state index is 13.3. The van der Waals surface area contributed by atoms with Crippen molar-refractivity contribution in [1.29, 1.82) is 0 Å². The molecule has 0 bridgehead atoms. The van der Waals surface area contributed by atoms with E-state index in [1.54, 1.807) is 69.7 Å². The summed E-state index contributed by atoms with van der Waals surface area (Å²) in [6, 6.07) is 14.5. The van der Waals surface area contributed by atoms with Gasteiger partial charge < -0.3 is 50.0 Å². The monoisotopic (exact) mass is 894 g/mol. The Bertz CT molecular complexity index is 2710. The van der Waals surface area contributed by atoms with Crippen LogP contribution in [0.4, 0.5) is 17.1 Å². The predicted molar refractivity (Wildman–Crippen MR) is 249 cm³/mol. The molecule has 0 spiro atoms. The lowest BCUT2D eigenvalue weighted by atomic mass is 10.1. The lowest BCUT2D eigenvalue weighted by Crippen LogP contribution is -2.35. The van der Waals surface area contributed by atoms with Crippen LogP contribution in [0.5, 0.6) is 40.2 Å². The first-order chi connectivity index (χ1) is 31.8. The fourth-order valence-electron chi connectivity index (χ4n) is 8.95. The molecule has 6 aliphatic heterocycles. The van der Waals surface area contributed by atoms with E-state index in [0.29, 0.717) is 100 Å². The Balaban J connectivity index is 0.000000254. The van der Waals surface area contributed by atoms with Gasteiger partial charge in [0.1, 0.15) is 19.0 Å². The molecule has 4 aromatic carbocycles. The van der Waals surface area contributed by atoms with Gasteiger partial charge in [0.05, 0.1) is 73.2 Å². The number of amides is 3. The topological polar surface area (TPSA) is 185 Å². The fourth-order valence-corrected chi connectivity index (χ4v) is 8.95.